The van der Waals surface area contributed by atoms with Crippen LogP contribution in [0.1, 0.15) is 49.3 Å². The second kappa shape index (κ2) is 8.19. The second-order valence-corrected chi connectivity index (χ2v) is 9.49. The summed E-state index contributed by atoms with van der Waals surface area (Å²) < 4.78 is 3.65. The number of hydrogen-bond acceptors (Lipinski definition) is 7. The third-order valence-electron chi connectivity index (χ3n) is 7.19. The minimum absolute atomic E-state index is 0.0812. The predicted octanol–water partition coefficient (Wildman–Crippen LogP) is 1.59. The smallest absolute Gasteiger partial charge is 0.326 e. The third kappa shape index (κ3) is 3.75. The zero-order valence-electron chi connectivity index (χ0n) is 19.6. The molecule has 6 rings (SSSR count). The van der Waals surface area contributed by atoms with Crippen molar-refractivity contribution in [1.29, 1.82) is 0 Å². The van der Waals surface area contributed by atoms with Crippen molar-refractivity contribution in [2.45, 2.75) is 50.8 Å². The molecule has 4 heterocycles. The molecule has 3 aromatic heterocycles. The molecule has 2 aliphatic rings. The van der Waals surface area contributed by atoms with Crippen LogP contribution in [0.5, 0.6) is 0 Å². The molecule has 2 fully saturated rings. The normalized spacial score (nSPS) is 17.8. The van der Waals surface area contributed by atoms with E-state index < -0.39 is 5.60 Å². The van der Waals surface area contributed by atoms with Crippen LogP contribution in [0.2, 0.25) is 0 Å². The number of para-hydroxylation sites is 2. The van der Waals surface area contributed by atoms with Gasteiger partial charge in [-0.1, -0.05) is 12.1 Å². The maximum atomic E-state index is 12.9. The topological polar surface area (TPSA) is 134 Å². The van der Waals surface area contributed by atoms with E-state index in [0.29, 0.717) is 49.5 Å². The molecule has 0 spiro atoms. The minimum atomic E-state index is -0.777. The van der Waals surface area contributed by atoms with Gasteiger partial charge in [-0.15, -0.1) is 0 Å². The maximum Gasteiger partial charge on any atom is 0.326 e. The van der Waals surface area contributed by atoms with Gasteiger partial charge in [0, 0.05) is 32.2 Å². The number of aromatic amines is 1. The molecule has 0 unspecified atom stereocenters. The van der Waals surface area contributed by atoms with Crippen molar-refractivity contribution < 1.29 is 9.90 Å². The van der Waals surface area contributed by atoms with Gasteiger partial charge in [0.1, 0.15) is 6.33 Å². The number of anilines is 1. The van der Waals surface area contributed by atoms with Crippen molar-refractivity contribution in [1.82, 2.24) is 34.4 Å². The van der Waals surface area contributed by atoms with Crippen LogP contribution in [0.25, 0.3) is 22.2 Å². The Morgan fingerprint density at radius 3 is 2.74 bits per heavy atom. The van der Waals surface area contributed by atoms with E-state index in [1.165, 1.54) is 6.33 Å². The zero-order valence-corrected chi connectivity index (χ0v) is 19.6. The average Bonchev–Trinajstić information content (AvgIpc) is 3.34. The largest absolute Gasteiger partial charge is 0.388 e. The highest BCUT2D eigenvalue weighted by Gasteiger charge is 2.40. The Hall–Kier alpha value is -3.73. The first-order valence-corrected chi connectivity index (χ1v) is 12.1. The van der Waals surface area contributed by atoms with Crippen LogP contribution < -0.4 is 15.9 Å². The summed E-state index contributed by atoms with van der Waals surface area (Å²) in [7, 11) is 0. The van der Waals surface area contributed by atoms with Gasteiger partial charge in [-0.25, -0.2) is 19.7 Å². The Balaban J connectivity index is 1.26. The maximum absolute atomic E-state index is 12.9. The number of nitrogens with zero attached hydrogens (tertiary/aromatic N) is 6. The molecule has 0 atom stereocenters. The lowest BCUT2D eigenvalue weighted by molar-refractivity contribution is 0.0882. The van der Waals surface area contributed by atoms with Crippen LogP contribution >= 0.6 is 0 Å². The molecule has 0 bridgehead atoms. The summed E-state index contributed by atoms with van der Waals surface area (Å²) in [5.41, 5.74) is 2.12. The van der Waals surface area contributed by atoms with Crippen molar-refractivity contribution >= 4 is 33.9 Å². The second-order valence-electron chi connectivity index (χ2n) is 9.49. The van der Waals surface area contributed by atoms with Crippen molar-refractivity contribution in [3.63, 3.8) is 0 Å². The molecule has 1 aromatic carbocycles. The number of imidazole rings is 2. The van der Waals surface area contributed by atoms with E-state index >= 15 is 0 Å². The zero-order chi connectivity index (χ0) is 24.2. The van der Waals surface area contributed by atoms with Gasteiger partial charge in [0.05, 0.1) is 16.6 Å². The first kappa shape index (κ1) is 21.8. The number of aromatic nitrogens is 6. The highest BCUT2D eigenvalue weighted by atomic mass is 16.3. The predicted molar refractivity (Wildman–Crippen MR) is 131 cm³/mol. The quantitative estimate of drug-likeness (QED) is 0.385. The standard InChI is InChI=1S/C24H28N8O3/c1-2-31-20-18(29-21(31)22(33)25-13-24(35)9-10-24)19(26-14-27-20)30-11-7-15(8-12-30)32-17-6-4-3-5-16(17)28-23(32)34/h3-6,14-15,35H,2,7-13H2,1H3,(H,25,33)(H,28,34). The lowest BCUT2D eigenvalue weighted by Crippen LogP contribution is -2.37. The first-order valence-electron chi connectivity index (χ1n) is 12.1. The molecule has 35 heavy (non-hydrogen) atoms. The van der Waals surface area contributed by atoms with Gasteiger partial charge in [-0.05, 0) is 44.7 Å². The van der Waals surface area contributed by atoms with Gasteiger partial charge in [0.2, 0.25) is 5.82 Å². The Bertz CT molecular complexity index is 1470. The molecule has 0 radical (unpaired) electrons. The number of amides is 1. The summed E-state index contributed by atoms with van der Waals surface area (Å²) in [4.78, 5) is 44.2. The van der Waals surface area contributed by atoms with Gasteiger partial charge in [-0.3, -0.25) is 9.36 Å². The van der Waals surface area contributed by atoms with Crippen molar-refractivity contribution in [2.24, 2.45) is 0 Å². The molecule has 1 aliphatic carbocycles. The molecule has 3 N–H and O–H groups in total. The average molecular weight is 477 g/mol. The van der Waals surface area contributed by atoms with Crippen molar-refractivity contribution in [3.8, 4) is 0 Å². The fourth-order valence-electron chi connectivity index (χ4n) is 5.05. The number of benzene rings is 1. The lowest BCUT2D eigenvalue weighted by atomic mass is 10.0. The van der Waals surface area contributed by atoms with Crippen LogP contribution in [0, 0.1) is 0 Å². The summed E-state index contributed by atoms with van der Waals surface area (Å²) in [6, 6.07) is 7.85. The lowest BCUT2D eigenvalue weighted by Gasteiger charge is -2.33. The highest BCUT2D eigenvalue weighted by molar-refractivity contribution is 5.96. The van der Waals surface area contributed by atoms with Crippen molar-refractivity contribution in [2.75, 3.05) is 24.5 Å². The SMILES string of the molecule is CCn1c(C(=O)NCC2(O)CC2)nc2c(N3CCC(n4c(=O)[nH]c5ccccc54)CC3)ncnc21. The fraction of sp³-hybridized carbons (Fsp3) is 0.458. The fourth-order valence-corrected chi connectivity index (χ4v) is 5.05. The van der Waals surface area contributed by atoms with E-state index in [2.05, 4.69) is 30.2 Å². The molecule has 1 aliphatic heterocycles. The Kier molecular flexibility index (Phi) is 5.10. The van der Waals surface area contributed by atoms with Gasteiger partial charge in [-0.2, -0.15) is 0 Å². The first-order chi connectivity index (χ1) is 17.0. The van der Waals surface area contributed by atoms with Gasteiger partial charge in [0.15, 0.2) is 17.0 Å². The van der Waals surface area contributed by atoms with Crippen LogP contribution in [-0.2, 0) is 6.54 Å². The molecule has 1 amide bonds. The Morgan fingerprint density at radius 1 is 1.23 bits per heavy atom. The minimum Gasteiger partial charge on any atom is -0.388 e. The van der Waals surface area contributed by atoms with Gasteiger partial charge < -0.3 is 24.9 Å². The van der Waals surface area contributed by atoms with E-state index in [0.717, 1.165) is 23.9 Å². The van der Waals surface area contributed by atoms with E-state index in [1.54, 1.807) is 4.57 Å². The molecular formula is C24H28N8O3. The van der Waals surface area contributed by atoms with Crippen LogP contribution in [0.15, 0.2) is 35.4 Å². The van der Waals surface area contributed by atoms with Crippen LogP contribution in [0.4, 0.5) is 5.82 Å². The summed E-state index contributed by atoms with van der Waals surface area (Å²) in [6.45, 7) is 4.11. The Morgan fingerprint density at radius 2 is 2.00 bits per heavy atom. The number of carbonyl (C=O) groups is 1. The number of aryl methyl sites for hydroxylation is 1. The third-order valence-corrected chi connectivity index (χ3v) is 7.19. The van der Waals surface area contributed by atoms with Crippen LogP contribution in [0.3, 0.4) is 0 Å². The number of H-pyrrole nitrogens is 1. The molecule has 11 heteroatoms. The highest BCUT2D eigenvalue weighted by Crippen LogP contribution is 2.34. The summed E-state index contributed by atoms with van der Waals surface area (Å²) >= 11 is 0. The summed E-state index contributed by atoms with van der Waals surface area (Å²) in [5, 5.41) is 12.9. The van der Waals surface area contributed by atoms with Gasteiger partial charge >= 0.3 is 5.69 Å². The summed E-state index contributed by atoms with van der Waals surface area (Å²) in [5.74, 6) is 0.643. The number of rotatable bonds is 6. The number of hydrogen-bond donors (Lipinski definition) is 3. The molecule has 1 saturated heterocycles. The number of carbonyl (C=O) groups excluding carboxylic acids is 1. The number of nitrogens with one attached hydrogen (secondary N) is 2. The molecule has 4 aromatic rings. The van der Waals surface area contributed by atoms with E-state index in [9.17, 15) is 14.7 Å². The molecule has 182 valence electrons. The van der Waals surface area contributed by atoms with Crippen LogP contribution in [-0.4, -0.2) is 65.3 Å². The number of piperidine rings is 1. The number of fused-ring (bicyclic) bond motifs is 2. The monoisotopic (exact) mass is 476 g/mol. The molecule has 11 nitrogen and oxygen atoms in total. The molecular weight excluding hydrogens is 448 g/mol. The Labute approximate surface area is 200 Å². The van der Waals surface area contributed by atoms with Crippen molar-refractivity contribution in [3.05, 3.63) is 46.9 Å². The van der Waals surface area contributed by atoms with E-state index in [-0.39, 0.29) is 30.0 Å². The number of aliphatic hydroxyl groups is 1. The molecule has 1 saturated carbocycles. The van der Waals surface area contributed by atoms with E-state index in [1.807, 2.05) is 35.8 Å². The van der Waals surface area contributed by atoms with Gasteiger partial charge in [0.25, 0.3) is 5.91 Å². The van der Waals surface area contributed by atoms with E-state index in [4.69, 9.17) is 0 Å². The summed E-state index contributed by atoms with van der Waals surface area (Å²) in [6.07, 6.45) is 4.49.